The van der Waals surface area contributed by atoms with Crippen LogP contribution < -0.4 is 0 Å². The zero-order chi connectivity index (χ0) is 13.3. The maximum atomic E-state index is 10.8. The van der Waals surface area contributed by atoms with Gasteiger partial charge in [-0.25, -0.2) is 0 Å². The normalized spacial score (nSPS) is 27.8. The van der Waals surface area contributed by atoms with Crippen LogP contribution in [0.1, 0.15) is 31.2 Å². The Morgan fingerprint density at radius 1 is 1.32 bits per heavy atom. The SMILES string of the molecule is COC1CCC(O)(Cc2csc3ccccc23)CC1. The molecule has 0 saturated heterocycles. The minimum absolute atomic E-state index is 0.333. The Balaban J connectivity index is 1.77. The van der Waals surface area contributed by atoms with Crippen LogP contribution in [0.2, 0.25) is 0 Å². The maximum absolute atomic E-state index is 10.8. The molecule has 1 N–H and O–H groups in total. The topological polar surface area (TPSA) is 29.5 Å². The molecule has 3 heteroatoms. The van der Waals surface area contributed by atoms with Gasteiger partial charge in [-0.05, 0) is 48.1 Å². The van der Waals surface area contributed by atoms with Gasteiger partial charge < -0.3 is 9.84 Å². The molecule has 102 valence electrons. The standard InChI is InChI=1S/C16H20O2S/c1-18-13-6-8-16(17,9-7-13)10-12-11-19-15-5-3-2-4-14(12)15/h2-5,11,13,17H,6-10H2,1H3. The molecule has 1 aromatic carbocycles. The molecule has 0 spiro atoms. The first-order chi connectivity index (χ1) is 9.20. The minimum atomic E-state index is -0.543. The molecule has 0 amide bonds. The summed E-state index contributed by atoms with van der Waals surface area (Å²) < 4.78 is 6.69. The third kappa shape index (κ3) is 2.69. The van der Waals surface area contributed by atoms with Crippen LogP contribution in [0, 0.1) is 0 Å². The van der Waals surface area contributed by atoms with E-state index in [1.54, 1.807) is 18.4 Å². The van der Waals surface area contributed by atoms with Crippen molar-refractivity contribution in [3.63, 3.8) is 0 Å². The third-order valence-corrected chi connectivity index (χ3v) is 5.29. The third-order valence-electron chi connectivity index (χ3n) is 4.28. The van der Waals surface area contributed by atoms with Crippen molar-refractivity contribution < 1.29 is 9.84 Å². The highest BCUT2D eigenvalue weighted by Crippen LogP contribution is 2.35. The van der Waals surface area contributed by atoms with Crippen molar-refractivity contribution in [2.75, 3.05) is 7.11 Å². The quantitative estimate of drug-likeness (QED) is 0.925. The zero-order valence-corrected chi connectivity index (χ0v) is 12.1. The Hall–Kier alpha value is -0.900. The predicted molar refractivity (Wildman–Crippen MR) is 79.7 cm³/mol. The molecule has 19 heavy (non-hydrogen) atoms. The van der Waals surface area contributed by atoms with Crippen molar-refractivity contribution in [2.45, 2.75) is 43.8 Å². The van der Waals surface area contributed by atoms with Gasteiger partial charge in [-0.2, -0.15) is 0 Å². The van der Waals surface area contributed by atoms with Crippen LogP contribution in [0.4, 0.5) is 0 Å². The summed E-state index contributed by atoms with van der Waals surface area (Å²) in [6.07, 6.45) is 4.72. The van der Waals surface area contributed by atoms with E-state index < -0.39 is 5.60 Å². The molecule has 1 aromatic heterocycles. The van der Waals surface area contributed by atoms with E-state index in [2.05, 4.69) is 29.6 Å². The van der Waals surface area contributed by atoms with Crippen molar-refractivity contribution in [3.8, 4) is 0 Å². The average Bonchev–Trinajstić information content (AvgIpc) is 2.83. The van der Waals surface area contributed by atoms with Gasteiger partial charge in [0.2, 0.25) is 0 Å². The maximum Gasteiger partial charge on any atom is 0.0690 e. The summed E-state index contributed by atoms with van der Waals surface area (Å²) in [6, 6.07) is 8.45. The Morgan fingerprint density at radius 2 is 2.05 bits per heavy atom. The van der Waals surface area contributed by atoms with Crippen molar-refractivity contribution in [1.82, 2.24) is 0 Å². The van der Waals surface area contributed by atoms with Crippen LogP contribution in [-0.2, 0) is 11.2 Å². The largest absolute Gasteiger partial charge is 0.390 e. The Labute approximate surface area is 118 Å². The smallest absolute Gasteiger partial charge is 0.0690 e. The number of hydrogen-bond donors (Lipinski definition) is 1. The fraction of sp³-hybridized carbons (Fsp3) is 0.500. The summed E-state index contributed by atoms with van der Waals surface area (Å²) in [7, 11) is 1.77. The molecule has 2 nitrogen and oxygen atoms in total. The van der Waals surface area contributed by atoms with Crippen LogP contribution in [0.15, 0.2) is 29.6 Å². The van der Waals surface area contributed by atoms with Gasteiger partial charge in [0.15, 0.2) is 0 Å². The van der Waals surface area contributed by atoms with Gasteiger partial charge in [-0.1, -0.05) is 18.2 Å². The van der Waals surface area contributed by atoms with Crippen LogP contribution in [0.25, 0.3) is 10.1 Å². The van der Waals surface area contributed by atoms with Crippen LogP contribution in [-0.4, -0.2) is 23.9 Å². The zero-order valence-electron chi connectivity index (χ0n) is 11.3. The van der Waals surface area contributed by atoms with E-state index in [0.29, 0.717) is 6.10 Å². The fourth-order valence-electron chi connectivity index (χ4n) is 3.07. The highest BCUT2D eigenvalue weighted by Gasteiger charge is 2.33. The molecule has 0 radical (unpaired) electrons. The molecule has 0 aliphatic heterocycles. The molecule has 1 heterocycles. The minimum Gasteiger partial charge on any atom is -0.390 e. The van der Waals surface area contributed by atoms with Crippen LogP contribution in [0.3, 0.4) is 0 Å². The first-order valence-electron chi connectivity index (χ1n) is 6.90. The molecule has 0 unspecified atom stereocenters. The van der Waals surface area contributed by atoms with E-state index in [0.717, 1.165) is 32.1 Å². The van der Waals surface area contributed by atoms with E-state index in [1.165, 1.54) is 15.6 Å². The van der Waals surface area contributed by atoms with Gasteiger partial charge in [-0.15, -0.1) is 11.3 Å². The number of ether oxygens (including phenoxy) is 1. The number of fused-ring (bicyclic) bond motifs is 1. The van der Waals surface area contributed by atoms with Gasteiger partial charge in [-0.3, -0.25) is 0 Å². The molecule has 0 atom stereocenters. The monoisotopic (exact) mass is 276 g/mol. The van der Waals surface area contributed by atoms with E-state index in [1.807, 2.05) is 0 Å². The summed E-state index contributed by atoms with van der Waals surface area (Å²) in [5.74, 6) is 0. The highest BCUT2D eigenvalue weighted by atomic mass is 32.1. The van der Waals surface area contributed by atoms with Gasteiger partial charge >= 0.3 is 0 Å². The molecule has 3 rings (SSSR count). The summed E-state index contributed by atoms with van der Waals surface area (Å²) in [5, 5.41) is 14.3. The lowest BCUT2D eigenvalue weighted by atomic mass is 9.79. The molecule has 1 saturated carbocycles. The van der Waals surface area contributed by atoms with Crippen molar-refractivity contribution in [1.29, 1.82) is 0 Å². The Morgan fingerprint density at radius 3 is 2.79 bits per heavy atom. The first kappa shape index (κ1) is 13.1. The number of aliphatic hydroxyl groups is 1. The Bertz CT molecular complexity index is 553. The lowest BCUT2D eigenvalue weighted by molar-refractivity contribution is -0.0425. The van der Waals surface area contributed by atoms with E-state index >= 15 is 0 Å². The first-order valence-corrected chi connectivity index (χ1v) is 7.78. The summed E-state index contributed by atoms with van der Waals surface area (Å²) in [5.41, 5.74) is 0.748. The van der Waals surface area contributed by atoms with Crippen molar-refractivity contribution in [3.05, 3.63) is 35.2 Å². The second kappa shape index (κ2) is 5.23. The van der Waals surface area contributed by atoms with Gasteiger partial charge in [0, 0.05) is 18.2 Å². The number of methoxy groups -OCH3 is 1. The average molecular weight is 276 g/mol. The summed E-state index contributed by atoms with van der Waals surface area (Å²) in [6.45, 7) is 0. The number of thiophene rings is 1. The fourth-order valence-corrected chi connectivity index (χ4v) is 4.03. The van der Waals surface area contributed by atoms with Crippen molar-refractivity contribution >= 4 is 21.4 Å². The summed E-state index contributed by atoms with van der Waals surface area (Å²) in [4.78, 5) is 0. The molecular weight excluding hydrogens is 256 g/mol. The van der Waals surface area contributed by atoms with E-state index in [-0.39, 0.29) is 0 Å². The predicted octanol–water partition coefficient (Wildman–Crippen LogP) is 3.76. The number of hydrogen-bond acceptors (Lipinski definition) is 3. The lowest BCUT2D eigenvalue weighted by Gasteiger charge is -2.35. The van der Waals surface area contributed by atoms with E-state index in [4.69, 9.17) is 4.74 Å². The summed E-state index contributed by atoms with van der Waals surface area (Å²) >= 11 is 1.77. The molecule has 1 fully saturated rings. The Kier molecular flexibility index (Phi) is 3.61. The molecule has 2 aromatic rings. The lowest BCUT2D eigenvalue weighted by Crippen LogP contribution is -2.38. The number of benzene rings is 1. The second-order valence-corrected chi connectivity index (χ2v) is 6.50. The van der Waals surface area contributed by atoms with Crippen LogP contribution >= 0.6 is 11.3 Å². The molecule has 1 aliphatic carbocycles. The molecule has 1 aliphatic rings. The highest BCUT2D eigenvalue weighted by molar-refractivity contribution is 7.17. The van der Waals surface area contributed by atoms with Gasteiger partial charge in [0.05, 0.1) is 11.7 Å². The van der Waals surface area contributed by atoms with Crippen molar-refractivity contribution in [2.24, 2.45) is 0 Å². The molecular formula is C16H20O2S. The number of rotatable bonds is 3. The van der Waals surface area contributed by atoms with Crippen LogP contribution in [0.5, 0.6) is 0 Å². The molecule has 0 bridgehead atoms. The van der Waals surface area contributed by atoms with E-state index in [9.17, 15) is 5.11 Å². The second-order valence-electron chi connectivity index (χ2n) is 5.59. The van der Waals surface area contributed by atoms with Gasteiger partial charge in [0.25, 0.3) is 0 Å². The van der Waals surface area contributed by atoms with Gasteiger partial charge in [0.1, 0.15) is 0 Å².